The van der Waals surface area contributed by atoms with Crippen LogP contribution in [0.4, 0.5) is 11.6 Å². The minimum absolute atomic E-state index is 0.531. The molecule has 6 nitrogen and oxygen atoms in total. The summed E-state index contributed by atoms with van der Waals surface area (Å²) >= 11 is 0. The molecule has 0 atom stereocenters. The highest BCUT2D eigenvalue weighted by Crippen LogP contribution is 2.13. The Balaban J connectivity index is 2.11. The largest absolute Gasteiger partial charge is 0.467 e. The Morgan fingerprint density at radius 2 is 2.38 bits per heavy atom. The lowest BCUT2D eigenvalue weighted by Gasteiger charge is -2.16. The predicted molar refractivity (Wildman–Crippen MR) is 60.7 cm³/mol. The maximum absolute atomic E-state index is 5.27. The fourth-order valence-corrected chi connectivity index (χ4v) is 1.33. The van der Waals surface area contributed by atoms with E-state index in [2.05, 4.69) is 15.4 Å². The standard InChI is InChI=1S/C10H13N5O/c1-15(7-8-3-2-4-16-8)10-6-12-5-9(13-10)14-11/h2-6H,7,11H2,1H3,(H,13,14). The van der Waals surface area contributed by atoms with E-state index in [1.165, 1.54) is 0 Å². The van der Waals surface area contributed by atoms with Crippen molar-refractivity contribution in [1.29, 1.82) is 0 Å². The van der Waals surface area contributed by atoms with Gasteiger partial charge in [0.15, 0.2) is 5.82 Å². The van der Waals surface area contributed by atoms with Crippen LogP contribution in [0.3, 0.4) is 0 Å². The number of hydrazine groups is 1. The smallest absolute Gasteiger partial charge is 0.160 e. The number of anilines is 2. The van der Waals surface area contributed by atoms with Crippen molar-refractivity contribution in [2.75, 3.05) is 17.4 Å². The molecule has 0 aliphatic carbocycles. The summed E-state index contributed by atoms with van der Waals surface area (Å²) < 4.78 is 5.25. The number of rotatable bonds is 4. The van der Waals surface area contributed by atoms with Crippen LogP contribution in [0.15, 0.2) is 35.2 Å². The first kappa shape index (κ1) is 10.4. The second-order valence-electron chi connectivity index (χ2n) is 3.34. The van der Waals surface area contributed by atoms with Crippen molar-refractivity contribution in [3.8, 4) is 0 Å². The maximum Gasteiger partial charge on any atom is 0.160 e. The molecule has 0 aliphatic rings. The molecule has 0 fully saturated rings. The molecule has 2 heterocycles. The Morgan fingerprint density at radius 1 is 1.50 bits per heavy atom. The Kier molecular flexibility index (Phi) is 3.02. The summed E-state index contributed by atoms with van der Waals surface area (Å²) in [6, 6.07) is 3.77. The van der Waals surface area contributed by atoms with Crippen LogP contribution in [0.2, 0.25) is 0 Å². The van der Waals surface area contributed by atoms with E-state index < -0.39 is 0 Å². The van der Waals surface area contributed by atoms with E-state index >= 15 is 0 Å². The first-order chi connectivity index (χ1) is 7.79. The second-order valence-corrected chi connectivity index (χ2v) is 3.34. The molecule has 0 unspecified atom stereocenters. The minimum atomic E-state index is 0.531. The van der Waals surface area contributed by atoms with Crippen molar-refractivity contribution in [1.82, 2.24) is 9.97 Å². The van der Waals surface area contributed by atoms with Crippen molar-refractivity contribution < 1.29 is 4.42 Å². The molecule has 0 saturated heterocycles. The van der Waals surface area contributed by atoms with Crippen LogP contribution in [-0.4, -0.2) is 17.0 Å². The maximum atomic E-state index is 5.27. The van der Waals surface area contributed by atoms with Crippen LogP contribution >= 0.6 is 0 Å². The normalized spacial score (nSPS) is 10.1. The van der Waals surface area contributed by atoms with Gasteiger partial charge in [-0.1, -0.05) is 0 Å². The highest BCUT2D eigenvalue weighted by molar-refractivity contribution is 5.42. The lowest BCUT2D eigenvalue weighted by molar-refractivity contribution is 0.507. The zero-order valence-corrected chi connectivity index (χ0v) is 8.92. The van der Waals surface area contributed by atoms with E-state index in [0.717, 1.165) is 11.6 Å². The van der Waals surface area contributed by atoms with Crippen LogP contribution in [0.25, 0.3) is 0 Å². The molecule has 0 spiro atoms. The third kappa shape index (κ3) is 2.29. The van der Waals surface area contributed by atoms with Gasteiger partial charge in [0.1, 0.15) is 11.6 Å². The number of furan rings is 1. The summed E-state index contributed by atoms with van der Waals surface area (Å²) in [7, 11) is 1.91. The molecular weight excluding hydrogens is 206 g/mol. The van der Waals surface area contributed by atoms with Crippen LogP contribution in [0.5, 0.6) is 0 Å². The van der Waals surface area contributed by atoms with E-state index in [1.54, 1.807) is 18.7 Å². The third-order valence-corrected chi connectivity index (χ3v) is 2.13. The SMILES string of the molecule is CN(Cc1ccco1)c1cncc(NN)n1. The van der Waals surface area contributed by atoms with Gasteiger partial charge in [-0.3, -0.25) is 4.98 Å². The minimum Gasteiger partial charge on any atom is -0.467 e. The zero-order valence-electron chi connectivity index (χ0n) is 8.92. The summed E-state index contributed by atoms with van der Waals surface area (Å²) in [6.07, 6.45) is 4.88. The molecule has 0 bridgehead atoms. The molecule has 0 aliphatic heterocycles. The average molecular weight is 219 g/mol. The van der Waals surface area contributed by atoms with Gasteiger partial charge in [0, 0.05) is 7.05 Å². The predicted octanol–water partition coefficient (Wildman–Crippen LogP) is 0.992. The van der Waals surface area contributed by atoms with Gasteiger partial charge in [0.25, 0.3) is 0 Å². The molecule has 84 valence electrons. The molecule has 3 N–H and O–H groups in total. The van der Waals surface area contributed by atoms with Crippen molar-refractivity contribution in [3.05, 3.63) is 36.5 Å². The number of aromatic nitrogens is 2. The van der Waals surface area contributed by atoms with Gasteiger partial charge in [-0.15, -0.1) is 0 Å². The Bertz CT molecular complexity index is 442. The number of nitrogens with zero attached hydrogens (tertiary/aromatic N) is 3. The van der Waals surface area contributed by atoms with Crippen LogP contribution in [-0.2, 0) is 6.54 Å². The summed E-state index contributed by atoms with van der Waals surface area (Å²) in [4.78, 5) is 10.2. The first-order valence-corrected chi connectivity index (χ1v) is 4.82. The quantitative estimate of drug-likeness (QED) is 0.589. The average Bonchev–Trinajstić information content (AvgIpc) is 2.82. The molecule has 2 rings (SSSR count). The molecule has 6 heteroatoms. The van der Waals surface area contributed by atoms with Gasteiger partial charge in [-0.05, 0) is 12.1 Å². The number of nitrogens with one attached hydrogen (secondary N) is 1. The Hall–Kier alpha value is -2.08. The first-order valence-electron chi connectivity index (χ1n) is 4.82. The molecule has 2 aromatic heterocycles. The molecule has 2 aromatic rings. The van der Waals surface area contributed by atoms with Gasteiger partial charge >= 0.3 is 0 Å². The van der Waals surface area contributed by atoms with Crippen molar-refractivity contribution in [3.63, 3.8) is 0 Å². The van der Waals surface area contributed by atoms with Crippen LogP contribution < -0.4 is 16.2 Å². The number of hydrogen-bond acceptors (Lipinski definition) is 6. The summed E-state index contributed by atoms with van der Waals surface area (Å²) in [6.45, 7) is 0.635. The summed E-state index contributed by atoms with van der Waals surface area (Å²) in [5.41, 5.74) is 2.46. The van der Waals surface area contributed by atoms with E-state index in [-0.39, 0.29) is 0 Å². The topological polar surface area (TPSA) is 80.2 Å². The van der Waals surface area contributed by atoms with E-state index in [1.807, 2.05) is 24.1 Å². The molecule has 0 amide bonds. The van der Waals surface area contributed by atoms with Gasteiger partial charge in [0.2, 0.25) is 0 Å². The van der Waals surface area contributed by atoms with Gasteiger partial charge in [-0.25, -0.2) is 10.8 Å². The van der Waals surface area contributed by atoms with Crippen LogP contribution in [0, 0.1) is 0 Å². The molecule has 16 heavy (non-hydrogen) atoms. The van der Waals surface area contributed by atoms with Gasteiger partial charge in [0.05, 0.1) is 25.2 Å². The molecule has 0 radical (unpaired) electrons. The summed E-state index contributed by atoms with van der Waals surface area (Å²) in [5.74, 6) is 7.40. The number of hydrogen-bond donors (Lipinski definition) is 2. The highest BCUT2D eigenvalue weighted by Gasteiger charge is 2.06. The van der Waals surface area contributed by atoms with E-state index in [0.29, 0.717) is 12.4 Å². The monoisotopic (exact) mass is 219 g/mol. The third-order valence-electron chi connectivity index (χ3n) is 2.13. The highest BCUT2D eigenvalue weighted by atomic mass is 16.3. The second kappa shape index (κ2) is 4.63. The Labute approximate surface area is 93.1 Å². The van der Waals surface area contributed by atoms with Gasteiger partial charge < -0.3 is 14.7 Å². The fourth-order valence-electron chi connectivity index (χ4n) is 1.33. The van der Waals surface area contributed by atoms with Crippen molar-refractivity contribution >= 4 is 11.6 Å². The van der Waals surface area contributed by atoms with Crippen molar-refractivity contribution in [2.24, 2.45) is 5.84 Å². The number of nitrogens with two attached hydrogens (primary N) is 1. The zero-order chi connectivity index (χ0) is 11.4. The van der Waals surface area contributed by atoms with Crippen LogP contribution in [0.1, 0.15) is 5.76 Å². The lowest BCUT2D eigenvalue weighted by Crippen LogP contribution is -2.19. The fraction of sp³-hybridized carbons (Fsp3) is 0.200. The van der Waals surface area contributed by atoms with Crippen molar-refractivity contribution in [2.45, 2.75) is 6.54 Å². The lowest BCUT2D eigenvalue weighted by atomic mass is 10.4. The van der Waals surface area contributed by atoms with E-state index in [9.17, 15) is 0 Å². The molecular formula is C10H13N5O. The van der Waals surface area contributed by atoms with E-state index in [4.69, 9.17) is 10.3 Å². The Morgan fingerprint density at radius 3 is 3.06 bits per heavy atom. The molecule has 0 aromatic carbocycles. The summed E-state index contributed by atoms with van der Waals surface area (Å²) in [5, 5.41) is 0. The van der Waals surface area contributed by atoms with Gasteiger partial charge in [-0.2, -0.15) is 0 Å². The number of nitrogen functional groups attached to an aromatic ring is 1. The molecule has 0 saturated carbocycles.